The fourth-order valence-electron chi connectivity index (χ4n) is 4.15. The Morgan fingerprint density at radius 2 is 1.97 bits per heavy atom. The molecule has 0 bridgehead atoms. The predicted molar refractivity (Wildman–Crippen MR) is 118 cm³/mol. The second-order valence-electron chi connectivity index (χ2n) is 7.58. The van der Waals surface area contributed by atoms with Crippen LogP contribution in [0.15, 0.2) is 49.2 Å². The maximum atomic E-state index is 15.1. The summed E-state index contributed by atoms with van der Waals surface area (Å²) in [6, 6.07) is 8.51. The number of hydrogen-bond donors (Lipinski definition) is 0. The highest BCUT2D eigenvalue weighted by atomic mass is 19.1. The van der Waals surface area contributed by atoms with E-state index in [2.05, 4.69) is 25.4 Å². The molecule has 6 rings (SSSR count). The molecule has 10 heteroatoms. The van der Waals surface area contributed by atoms with Crippen LogP contribution in [0.25, 0.3) is 39.1 Å². The molecule has 0 fully saturated rings. The quantitative estimate of drug-likeness (QED) is 0.417. The van der Waals surface area contributed by atoms with Crippen LogP contribution in [0.4, 0.5) is 4.39 Å². The smallest absolute Gasteiger partial charge is 0.183 e. The van der Waals surface area contributed by atoms with Crippen molar-refractivity contribution in [1.29, 1.82) is 0 Å². The summed E-state index contributed by atoms with van der Waals surface area (Å²) in [5.74, 6) is 1.40. The average molecular weight is 443 g/mol. The van der Waals surface area contributed by atoms with Crippen molar-refractivity contribution in [2.75, 3.05) is 7.11 Å². The van der Waals surface area contributed by atoms with E-state index in [1.807, 2.05) is 16.1 Å². The molecule has 4 heterocycles. The van der Waals surface area contributed by atoms with Gasteiger partial charge in [0, 0.05) is 29.3 Å². The van der Waals surface area contributed by atoms with Gasteiger partial charge in [-0.3, -0.25) is 4.57 Å². The number of fused-ring (bicyclic) bond motifs is 4. The molecule has 164 valence electrons. The molecule has 5 aromatic rings. The van der Waals surface area contributed by atoms with E-state index in [1.165, 1.54) is 6.07 Å². The Morgan fingerprint density at radius 1 is 1.06 bits per heavy atom. The first-order valence-electron chi connectivity index (χ1n) is 10.4. The second-order valence-corrected chi connectivity index (χ2v) is 7.58. The zero-order valence-electron chi connectivity index (χ0n) is 17.9. The maximum Gasteiger partial charge on any atom is 0.183 e. The van der Waals surface area contributed by atoms with E-state index >= 15 is 4.39 Å². The average Bonchev–Trinajstić information content (AvgIpc) is 3.50. The van der Waals surface area contributed by atoms with Gasteiger partial charge in [-0.2, -0.15) is 5.10 Å². The number of benzene rings is 2. The summed E-state index contributed by atoms with van der Waals surface area (Å²) in [4.78, 5) is 4.51. The number of imidazole rings is 1. The van der Waals surface area contributed by atoms with Gasteiger partial charge in [-0.25, -0.2) is 9.37 Å². The fourth-order valence-corrected chi connectivity index (χ4v) is 4.15. The molecule has 33 heavy (non-hydrogen) atoms. The molecule has 1 aliphatic rings. The molecule has 2 aromatic carbocycles. The molecule has 0 aliphatic carbocycles. The van der Waals surface area contributed by atoms with Crippen LogP contribution in [-0.2, 0) is 13.2 Å². The minimum absolute atomic E-state index is 0.280. The van der Waals surface area contributed by atoms with Gasteiger partial charge >= 0.3 is 0 Å². The number of halogens is 1. The van der Waals surface area contributed by atoms with Crippen molar-refractivity contribution in [2.45, 2.75) is 20.1 Å². The number of rotatable bonds is 4. The van der Waals surface area contributed by atoms with E-state index in [0.717, 1.165) is 23.4 Å². The van der Waals surface area contributed by atoms with Gasteiger partial charge in [0.25, 0.3) is 0 Å². The van der Waals surface area contributed by atoms with Crippen molar-refractivity contribution >= 4 is 11.2 Å². The highest BCUT2D eigenvalue weighted by Gasteiger charge is 2.23. The Labute approximate surface area is 187 Å². The van der Waals surface area contributed by atoms with Gasteiger partial charge in [0.1, 0.15) is 35.8 Å². The number of nitrogens with zero attached hydrogens (tertiary/aromatic N) is 7. The normalized spacial score (nSPS) is 12.3. The minimum Gasteiger partial charge on any atom is -0.496 e. The van der Waals surface area contributed by atoms with Crippen molar-refractivity contribution in [3.05, 3.63) is 60.8 Å². The largest absolute Gasteiger partial charge is 0.496 e. The number of ether oxygens (including phenoxy) is 2. The highest BCUT2D eigenvalue weighted by molar-refractivity contribution is 5.90. The maximum absolute atomic E-state index is 15.1. The zero-order valence-corrected chi connectivity index (χ0v) is 17.9. The Kier molecular flexibility index (Phi) is 4.32. The molecular weight excluding hydrogens is 425 g/mol. The van der Waals surface area contributed by atoms with Crippen LogP contribution in [0.5, 0.6) is 11.5 Å². The second kappa shape index (κ2) is 7.37. The standard InChI is InChI=1S/C23H18FN7O2/c1-3-30-11-25-22-16(9-26-29-23(22)30)13-4-5-17(24)14(6-13)15-7-20-18(8-19(15)32-2)31-12-27-28-21(31)10-33-20/h4-9,11-12H,3,10H2,1-2H3. The number of hydrogen-bond acceptors (Lipinski definition) is 7. The van der Waals surface area contributed by atoms with Crippen LogP contribution in [0, 0.1) is 5.82 Å². The first-order chi connectivity index (χ1) is 16.2. The lowest BCUT2D eigenvalue weighted by atomic mass is 9.97. The van der Waals surface area contributed by atoms with E-state index in [1.54, 1.807) is 50.2 Å². The van der Waals surface area contributed by atoms with Crippen molar-refractivity contribution in [2.24, 2.45) is 0 Å². The van der Waals surface area contributed by atoms with Crippen LogP contribution in [0.3, 0.4) is 0 Å². The Bertz CT molecular complexity index is 1530. The van der Waals surface area contributed by atoms with Crippen molar-refractivity contribution in [3.8, 4) is 39.4 Å². The van der Waals surface area contributed by atoms with Crippen LogP contribution in [0.1, 0.15) is 12.7 Å². The first-order valence-corrected chi connectivity index (χ1v) is 10.4. The van der Waals surface area contributed by atoms with Crippen LogP contribution >= 0.6 is 0 Å². The highest BCUT2D eigenvalue weighted by Crippen LogP contribution is 2.42. The summed E-state index contributed by atoms with van der Waals surface area (Å²) in [6.07, 6.45) is 5.00. The van der Waals surface area contributed by atoms with Crippen LogP contribution in [0.2, 0.25) is 0 Å². The lowest BCUT2D eigenvalue weighted by Gasteiger charge is -2.21. The summed E-state index contributed by atoms with van der Waals surface area (Å²) < 4.78 is 30.4. The van der Waals surface area contributed by atoms with Crippen molar-refractivity contribution in [1.82, 2.24) is 34.5 Å². The topological polar surface area (TPSA) is 92.8 Å². The molecule has 9 nitrogen and oxygen atoms in total. The Hall–Kier alpha value is -4.34. The summed E-state index contributed by atoms with van der Waals surface area (Å²) in [5.41, 5.74) is 4.64. The van der Waals surface area contributed by atoms with Gasteiger partial charge in [-0.1, -0.05) is 6.07 Å². The van der Waals surface area contributed by atoms with E-state index in [9.17, 15) is 0 Å². The summed E-state index contributed by atoms with van der Waals surface area (Å²) in [6.45, 7) is 3.02. The van der Waals surface area contributed by atoms with Gasteiger partial charge < -0.3 is 14.0 Å². The van der Waals surface area contributed by atoms with Crippen LogP contribution < -0.4 is 9.47 Å². The lowest BCUT2D eigenvalue weighted by molar-refractivity contribution is 0.278. The number of aromatic nitrogens is 7. The van der Waals surface area contributed by atoms with Gasteiger partial charge in [-0.15, -0.1) is 15.3 Å². The van der Waals surface area contributed by atoms with Crippen molar-refractivity contribution in [3.63, 3.8) is 0 Å². The third kappa shape index (κ3) is 2.94. The Morgan fingerprint density at radius 3 is 2.82 bits per heavy atom. The molecule has 0 radical (unpaired) electrons. The summed E-state index contributed by atoms with van der Waals surface area (Å²) in [7, 11) is 1.55. The molecule has 1 aliphatic heterocycles. The lowest BCUT2D eigenvalue weighted by Crippen LogP contribution is -2.13. The molecule has 0 amide bonds. The summed E-state index contributed by atoms with van der Waals surface area (Å²) >= 11 is 0. The van der Waals surface area contributed by atoms with E-state index < -0.39 is 0 Å². The first kappa shape index (κ1) is 19.4. The third-order valence-electron chi connectivity index (χ3n) is 5.83. The van der Waals surface area contributed by atoms with E-state index in [-0.39, 0.29) is 12.4 Å². The van der Waals surface area contributed by atoms with Crippen LogP contribution in [-0.4, -0.2) is 41.6 Å². The fraction of sp³-hybridized carbons (Fsp3) is 0.174. The van der Waals surface area contributed by atoms with E-state index in [0.29, 0.717) is 39.6 Å². The van der Waals surface area contributed by atoms with Gasteiger partial charge in [-0.05, 0) is 30.7 Å². The molecule has 0 saturated heterocycles. The minimum atomic E-state index is -0.379. The molecule has 0 unspecified atom stereocenters. The summed E-state index contributed by atoms with van der Waals surface area (Å²) in [5, 5.41) is 16.3. The SMILES string of the molecule is CCn1cnc2c(-c3ccc(F)c(-c4cc5c(cc4OC)-n4cnnc4CO5)c3)cnnc21. The molecule has 0 atom stereocenters. The predicted octanol–water partition coefficient (Wildman–Crippen LogP) is 3.80. The van der Waals surface area contributed by atoms with Crippen molar-refractivity contribution < 1.29 is 13.9 Å². The molecule has 0 saturated carbocycles. The van der Waals surface area contributed by atoms with E-state index in [4.69, 9.17) is 9.47 Å². The molecule has 0 N–H and O–H groups in total. The Balaban J connectivity index is 1.52. The molecule has 3 aromatic heterocycles. The number of aryl methyl sites for hydroxylation is 1. The van der Waals surface area contributed by atoms with Gasteiger partial charge in [0.05, 0.1) is 25.3 Å². The monoisotopic (exact) mass is 443 g/mol. The molecular formula is C23H18FN7O2. The molecule has 0 spiro atoms. The zero-order chi connectivity index (χ0) is 22.5. The third-order valence-corrected chi connectivity index (χ3v) is 5.83. The number of methoxy groups -OCH3 is 1. The van der Waals surface area contributed by atoms with Gasteiger partial charge in [0.15, 0.2) is 11.5 Å². The van der Waals surface area contributed by atoms with Gasteiger partial charge in [0.2, 0.25) is 0 Å².